The highest BCUT2D eigenvalue weighted by atomic mass is 79.9. The van der Waals surface area contributed by atoms with Crippen LogP contribution in [0.2, 0.25) is 5.02 Å². The molecule has 0 aliphatic carbocycles. The van der Waals surface area contributed by atoms with Gasteiger partial charge in [-0.05, 0) is 28.1 Å². The van der Waals surface area contributed by atoms with Crippen LogP contribution in [0.4, 0.5) is 0 Å². The van der Waals surface area contributed by atoms with Gasteiger partial charge in [-0.1, -0.05) is 11.6 Å². The minimum absolute atomic E-state index is 0.0764. The van der Waals surface area contributed by atoms with Crippen LogP contribution in [0.5, 0.6) is 5.75 Å². The summed E-state index contributed by atoms with van der Waals surface area (Å²) >= 11 is 8.76. The third-order valence-electron chi connectivity index (χ3n) is 1.43. The summed E-state index contributed by atoms with van der Waals surface area (Å²) < 4.78 is 0.396. The largest absolute Gasteiger partial charge is 0.506 e. The Kier molecular flexibility index (Phi) is 3.49. The standard InChI is InChI=1S/C8H5BrClNO3/c9-7-4-6(10)3-5(8(7)12)1-2-11(13)14/h1-4,12H. The minimum atomic E-state index is -0.617. The van der Waals surface area contributed by atoms with Crippen LogP contribution in [-0.2, 0) is 0 Å². The molecule has 0 fully saturated rings. The fourth-order valence-electron chi connectivity index (χ4n) is 0.854. The van der Waals surface area contributed by atoms with Crippen molar-refractivity contribution in [3.63, 3.8) is 0 Å². The highest BCUT2D eigenvalue weighted by Gasteiger charge is 2.05. The van der Waals surface area contributed by atoms with Crippen LogP contribution in [0.1, 0.15) is 5.56 Å². The maximum absolute atomic E-state index is 10.0. The number of benzene rings is 1. The molecule has 0 bridgehead atoms. The number of hydrogen-bond acceptors (Lipinski definition) is 3. The zero-order chi connectivity index (χ0) is 10.7. The van der Waals surface area contributed by atoms with Gasteiger partial charge in [-0.2, -0.15) is 0 Å². The Labute approximate surface area is 93.1 Å². The summed E-state index contributed by atoms with van der Waals surface area (Å²) in [6, 6.07) is 2.93. The molecule has 1 aromatic carbocycles. The average Bonchev–Trinajstić information content (AvgIpc) is 2.08. The van der Waals surface area contributed by atoms with E-state index in [-0.39, 0.29) is 5.75 Å². The van der Waals surface area contributed by atoms with Gasteiger partial charge in [0.25, 0.3) is 0 Å². The smallest absolute Gasteiger partial charge is 0.235 e. The Morgan fingerprint density at radius 3 is 2.79 bits per heavy atom. The number of halogens is 2. The van der Waals surface area contributed by atoms with E-state index in [1.54, 1.807) is 0 Å². The van der Waals surface area contributed by atoms with Crippen LogP contribution in [0.25, 0.3) is 6.08 Å². The Balaban J connectivity index is 3.14. The molecule has 1 aromatic rings. The van der Waals surface area contributed by atoms with Crippen molar-refractivity contribution in [1.29, 1.82) is 0 Å². The Bertz CT molecular complexity index is 406. The molecule has 0 heterocycles. The van der Waals surface area contributed by atoms with E-state index in [0.29, 0.717) is 15.1 Å². The van der Waals surface area contributed by atoms with E-state index < -0.39 is 4.92 Å². The molecule has 1 N–H and O–H groups in total. The average molecular weight is 278 g/mol. The zero-order valence-corrected chi connectivity index (χ0v) is 9.12. The fraction of sp³-hybridized carbons (Fsp3) is 0. The molecule has 0 aliphatic heterocycles. The predicted molar refractivity (Wildman–Crippen MR) is 56.8 cm³/mol. The molecule has 6 heteroatoms. The van der Waals surface area contributed by atoms with E-state index >= 15 is 0 Å². The van der Waals surface area contributed by atoms with Crippen LogP contribution < -0.4 is 0 Å². The third-order valence-corrected chi connectivity index (χ3v) is 2.26. The molecule has 0 aromatic heterocycles. The molecular weight excluding hydrogens is 273 g/mol. The van der Waals surface area contributed by atoms with Crippen molar-refractivity contribution in [2.75, 3.05) is 0 Å². The van der Waals surface area contributed by atoms with Crippen LogP contribution >= 0.6 is 27.5 Å². The van der Waals surface area contributed by atoms with Crippen LogP contribution in [0.3, 0.4) is 0 Å². The third kappa shape index (κ3) is 2.71. The lowest BCUT2D eigenvalue weighted by Crippen LogP contribution is -1.83. The first-order valence-corrected chi connectivity index (χ1v) is 4.67. The van der Waals surface area contributed by atoms with Gasteiger partial charge in [-0.15, -0.1) is 0 Å². The molecule has 74 valence electrons. The molecule has 0 unspecified atom stereocenters. The van der Waals surface area contributed by atoms with E-state index in [1.165, 1.54) is 18.2 Å². The predicted octanol–water partition coefficient (Wildman–Crippen LogP) is 3.06. The number of nitro groups is 1. The van der Waals surface area contributed by atoms with Crippen molar-refractivity contribution in [2.24, 2.45) is 0 Å². The zero-order valence-electron chi connectivity index (χ0n) is 6.78. The van der Waals surface area contributed by atoms with Crippen molar-refractivity contribution in [3.05, 3.63) is 43.5 Å². The summed E-state index contributed by atoms with van der Waals surface area (Å²) in [6.45, 7) is 0. The number of phenolic OH excluding ortho intramolecular Hbond substituents is 1. The van der Waals surface area contributed by atoms with Gasteiger partial charge in [0.1, 0.15) is 5.75 Å². The van der Waals surface area contributed by atoms with Gasteiger partial charge in [-0.3, -0.25) is 10.1 Å². The van der Waals surface area contributed by atoms with E-state index in [9.17, 15) is 15.2 Å². The second-order valence-corrected chi connectivity index (χ2v) is 3.72. The monoisotopic (exact) mass is 277 g/mol. The molecule has 0 atom stereocenters. The summed E-state index contributed by atoms with van der Waals surface area (Å²) in [5.41, 5.74) is 0.293. The Morgan fingerprint density at radius 1 is 1.57 bits per heavy atom. The molecule has 1 rings (SSSR count). The lowest BCUT2D eigenvalue weighted by Gasteiger charge is -2.01. The lowest BCUT2D eigenvalue weighted by atomic mass is 10.2. The van der Waals surface area contributed by atoms with Crippen molar-refractivity contribution in [2.45, 2.75) is 0 Å². The fourth-order valence-corrected chi connectivity index (χ4v) is 1.69. The van der Waals surface area contributed by atoms with Gasteiger partial charge in [0, 0.05) is 16.7 Å². The van der Waals surface area contributed by atoms with Crippen molar-refractivity contribution in [3.8, 4) is 5.75 Å². The minimum Gasteiger partial charge on any atom is -0.506 e. The maximum atomic E-state index is 10.0. The van der Waals surface area contributed by atoms with E-state index in [0.717, 1.165) is 6.20 Å². The van der Waals surface area contributed by atoms with Gasteiger partial charge in [0.05, 0.1) is 9.40 Å². The van der Waals surface area contributed by atoms with E-state index in [2.05, 4.69) is 15.9 Å². The normalized spacial score (nSPS) is 10.7. The van der Waals surface area contributed by atoms with Gasteiger partial charge in [-0.25, -0.2) is 0 Å². The molecule has 0 spiro atoms. The van der Waals surface area contributed by atoms with Crippen molar-refractivity contribution in [1.82, 2.24) is 0 Å². The summed E-state index contributed by atoms with van der Waals surface area (Å²) in [4.78, 5) is 9.43. The van der Waals surface area contributed by atoms with Gasteiger partial charge in [0.15, 0.2) is 0 Å². The number of hydrogen-bond donors (Lipinski definition) is 1. The quantitative estimate of drug-likeness (QED) is 0.668. The Morgan fingerprint density at radius 2 is 2.21 bits per heavy atom. The topological polar surface area (TPSA) is 63.4 Å². The second kappa shape index (κ2) is 4.43. The van der Waals surface area contributed by atoms with Crippen LogP contribution in [-0.4, -0.2) is 10.0 Å². The molecule has 0 radical (unpaired) electrons. The Hall–Kier alpha value is -1.07. The van der Waals surface area contributed by atoms with Gasteiger partial charge >= 0.3 is 0 Å². The van der Waals surface area contributed by atoms with Gasteiger partial charge in [0.2, 0.25) is 6.20 Å². The molecule has 0 aliphatic rings. The molecule has 0 saturated heterocycles. The first kappa shape index (κ1) is 11.0. The first-order chi connectivity index (χ1) is 6.50. The number of nitrogens with zero attached hydrogens (tertiary/aromatic N) is 1. The molecule has 14 heavy (non-hydrogen) atoms. The molecule has 0 saturated carbocycles. The molecule has 0 amide bonds. The molecule has 4 nitrogen and oxygen atoms in total. The first-order valence-electron chi connectivity index (χ1n) is 3.50. The molecular formula is C8H5BrClNO3. The number of aromatic hydroxyl groups is 1. The highest BCUT2D eigenvalue weighted by Crippen LogP contribution is 2.32. The summed E-state index contributed by atoms with van der Waals surface area (Å²) in [5, 5.41) is 19.9. The summed E-state index contributed by atoms with van der Waals surface area (Å²) in [7, 11) is 0. The summed E-state index contributed by atoms with van der Waals surface area (Å²) in [5.74, 6) is -0.0764. The van der Waals surface area contributed by atoms with Crippen molar-refractivity contribution < 1.29 is 10.0 Å². The van der Waals surface area contributed by atoms with E-state index in [4.69, 9.17) is 11.6 Å². The second-order valence-electron chi connectivity index (χ2n) is 2.43. The van der Waals surface area contributed by atoms with Crippen molar-refractivity contribution >= 4 is 33.6 Å². The SMILES string of the molecule is O=[N+]([O-])C=Cc1cc(Cl)cc(Br)c1O. The van der Waals surface area contributed by atoms with Crippen LogP contribution in [0, 0.1) is 10.1 Å². The maximum Gasteiger partial charge on any atom is 0.235 e. The summed E-state index contributed by atoms with van der Waals surface area (Å²) in [6.07, 6.45) is 1.91. The van der Waals surface area contributed by atoms with Gasteiger partial charge < -0.3 is 5.11 Å². The van der Waals surface area contributed by atoms with E-state index in [1.807, 2.05) is 0 Å². The number of rotatable bonds is 2. The highest BCUT2D eigenvalue weighted by molar-refractivity contribution is 9.10. The lowest BCUT2D eigenvalue weighted by molar-refractivity contribution is -0.400. The van der Waals surface area contributed by atoms with Crippen LogP contribution in [0.15, 0.2) is 22.8 Å². The number of phenols is 1.